The first-order valence-corrected chi connectivity index (χ1v) is 5.92. The third kappa shape index (κ3) is 2.67. The van der Waals surface area contributed by atoms with Gasteiger partial charge in [0.15, 0.2) is 0 Å². The number of likely N-dealkylation sites (tertiary alicyclic amines) is 1. The van der Waals surface area contributed by atoms with Gasteiger partial charge in [0.2, 0.25) is 5.91 Å². The Kier molecular flexibility index (Phi) is 5.02. The van der Waals surface area contributed by atoms with Crippen molar-refractivity contribution >= 4 is 18.3 Å². The molecule has 2 heterocycles. The molecular weight excluding hydrogens is 228 g/mol. The number of carbonyl (C=O) groups is 1. The highest BCUT2D eigenvalue weighted by molar-refractivity contribution is 5.85. The molecule has 3 atom stereocenters. The van der Waals surface area contributed by atoms with Crippen molar-refractivity contribution in [1.29, 1.82) is 0 Å². The molecule has 5 heteroatoms. The minimum Gasteiger partial charge on any atom is -0.391 e. The van der Waals surface area contributed by atoms with Crippen molar-refractivity contribution in [3.63, 3.8) is 0 Å². The summed E-state index contributed by atoms with van der Waals surface area (Å²) < 4.78 is 0. The van der Waals surface area contributed by atoms with Gasteiger partial charge >= 0.3 is 0 Å². The third-order valence-corrected chi connectivity index (χ3v) is 3.60. The van der Waals surface area contributed by atoms with E-state index in [-0.39, 0.29) is 36.4 Å². The summed E-state index contributed by atoms with van der Waals surface area (Å²) in [5, 5.41) is 12.9. The minimum atomic E-state index is -0.319. The average molecular weight is 249 g/mol. The number of carbonyl (C=O) groups excluding carboxylic acids is 1. The Morgan fingerprint density at radius 3 is 2.75 bits per heavy atom. The number of nitrogens with one attached hydrogen (secondary N) is 1. The monoisotopic (exact) mass is 248 g/mol. The van der Waals surface area contributed by atoms with Gasteiger partial charge in [0.25, 0.3) is 0 Å². The zero-order valence-electron chi connectivity index (χ0n) is 9.69. The van der Waals surface area contributed by atoms with Gasteiger partial charge in [0, 0.05) is 19.0 Å². The molecule has 4 nitrogen and oxygen atoms in total. The maximum atomic E-state index is 12.0. The number of aliphatic hydroxyl groups excluding tert-OH is 1. The minimum absolute atomic E-state index is 0. The lowest BCUT2D eigenvalue weighted by Gasteiger charge is -2.20. The van der Waals surface area contributed by atoms with E-state index in [0.29, 0.717) is 6.54 Å². The van der Waals surface area contributed by atoms with Crippen LogP contribution in [0.5, 0.6) is 0 Å². The topological polar surface area (TPSA) is 52.6 Å². The van der Waals surface area contributed by atoms with Crippen molar-refractivity contribution in [3.8, 4) is 0 Å². The molecule has 2 aliphatic heterocycles. The molecule has 0 aromatic heterocycles. The van der Waals surface area contributed by atoms with E-state index in [1.54, 1.807) is 0 Å². The Labute approximate surface area is 103 Å². The fourth-order valence-corrected chi connectivity index (χ4v) is 2.55. The van der Waals surface area contributed by atoms with Gasteiger partial charge in [0.05, 0.1) is 12.1 Å². The number of β-amino-alcohol motifs (C(OH)–C–C–N with tert-alkyl or cyclic N) is 1. The van der Waals surface area contributed by atoms with Gasteiger partial charge in [-0.1, -0.05) is 6.92 Å². The molecule has 2 fully saturated rings. The molecule has 3 unspecified atom stereocenters. The molecule has 2 rings (SSSR count). The van der Waals surface area contributed by atoms with Crippen LogP contribution in [0.2, 0.25) is 0 Å². The number of aliphatic hydroxyl groups is 1. The van der Waals surface area contributed by atoms with Crippen molar-refractivity contribution in [2.75, 3.05) is 19.6 Å². The highest BCUT2D eigenvalue weighted by Gasteiger charge is 2.36. The molecule has 16 heavy (non-hydrogen) atoms. The maximum absolute atomic E-state index is 12.0. The number of nitrogens with zero attached hydrogens (tertiary/aromatic N) is 1. The van der Waals surface area contributed by atoms with Gasteiger partial charge in [-0.25, -0.2) is 0 Å². The van der Waals surface area contributed by atoms with Gasteiger partial charge in [-0.2, -0.15) is 0 Å². The van der Waals surface area contributed by atoms with Crippen LogP contribution in [0.15, 0.2) is 0 Å². The number of hydrogen-bond donors (Lipinski definition) is 2. The fraction of sp³-hybridized carbons (Fsp3) is 0.909. The summed E-state index contributed by atoms with van der Waals surface area (Å²) in [6, 6.07) is 0.00723. The lowest BCUT2D eigenvalue weighted by atomic mass is 10.0. The summed E-state index contributed by atoms with van der Waals surface area (Å²) in [5.74, 6) is 0.456. The van der Waals surface area contributed by atoms with E-state index in [0.717, 1.165) is 32.4 Å². The number of amides is 1. The molecule has 0 aliphatic carbocycles. The Hall–Kier alpha value is -0.320. The number of rotatable bonds is 2. The second-order valence-corrected chi connectivity index (χ2v) is 4.63. The van der Waals surface area contributed by atoms with Crippen LogP contribution in [0.3, 0.4) is 0 Å². The van der Waals surface area contributed by atoms with Crippen LogP contribution in [-0.4, -0.2) is 47.7 Å². The summed E-state index contributed by atoms with van der Waals surface area (Å²) in [5.41, 5.74) is 0. The van der Waals surface area contributed by atoms with Crippen molar-refractivity contribution < 1.29 is 9.90 Å². The predicted octanol–water partition coefficient (Wildman–Crippen LogP) is 0.389. The Morgan fingerprint density at radius 2 is 2.25 bits per heavy atom. The van der Waals surface area contributed by atoms with Gasteiger partial charge in [-0.3, -0.25) is 4.79 Å². The molecule has 0 aromatic rings. The summed E-state index contributed by atoms with van der Waals surface area (Å²) >= 11 is 0. The van der Waals surface area contributed by atoms with Gasteiger partial charge in [0.1, 0.15) is 0 Å². The molecule has 1 amide bonds. The molecule has 2 saturated heterocycles. The summed E-state index contributed by atoms with van der Waals surface area (Å²) in [4.78, 5) is 13.8. The molecule has 0 bridgehead atoms. The Balaban J connectivity index is 0.00000128. The van der Waals surface area contributed by atoms with Gasteiger partial charge < -0.3 is 15.3 Å². The van der Waals surface area contributed by atoms with E-state index in [1.165, 1.54) is 0 Å². The van der Waals surface area contributed by atoms with E-state index in [1.807, 2.05) is 4.90 Å². The predicted molar refractivity (Wildman–Crippen MR) is 64.6 cm³/mol. The van der Waals surface area contributed by atoms with Crippen LogP contribution in [0.1, 0.15) is 26.2 Å². The van der Waals surface area contributed by atoms with Crippen molar-refractivity contribution in [3.05, 3.63) is 0 Å². The molecular formula is C11H21ClN2O2. The maximum Gasteiger partial charge on any atom is 0.239 e. The average Bonchev–Trinajstić information content (AvgIpc) is 2.85. The van der Waals surface area contributed by atoms with Crippen LogP contribution in [0.25, 0.3) is 0 Å². The van der Waals surface area contributed by atoms with Gasteiger partial charge in [-0.15, -0.1) is 12.4 Å². The third-order valence-electron chi connectivity index (χ3n) is 3.60. The summed E-state index contributed by atoms with van der Waals surface area (Å²) in [7, 11) is 0. The molecule has 0 saturated carbocycles. The SMILES string of the molecule is CCC1CN(C(=O)C2CCCN2)CC1O.Cl. The van der Waals surface area contributed by atoms with Crippen molar-refractivity contribution in [2.45, 2.75) is 38.3 Å². The van der Waals surface area contributed by atoms with E-state index in [4.69, 9.17) is 0 Å². The molecule has 2 aliphatic rings. The van der Waals surface area contributed by atoms with Crippen molar-refractivity contribution in [2.24, 2.45) is 5.92 Å². The fourth-order valence-electron chi connectivity index (χ4n) is 2.55. The second-order valence-electron chi connectivity index (χ2n) is 4.63. The summed E-state index contributed by atoms with van der Waals surface area (Å²) in [6.07, 6.45) is 2.66. The zero-order chi connectivity index (χ0) is 10.8. The van der Waals surface area contributed by atoms with Crippen molar-refractivity contribution in [1.82, 2.24) is 10.2 Å². The number of hydrogen-bond acceptors (Lipinski definition) is 3. The Morgan fingerprint density at radius 1 is 1.50 bits per heavy atom. The molecule has 0 spiro atoms. The van der Waals surface area contributed by atoms with Crippen LogP contribution >= 0.6 is 12.4 Å². The zero-order valence-corrected chi connectivity index (χ0v) is 10.5. The normalized spacial score (nSPS) is 33.9. The van der Waals surface area contributed by atoms with E-state index in [9.17, 15) is 9.90 Å². The second kappa shape index (κ2) is 5.84. The molecule has 2 N–H and O–H groups in total. The largest absolute Gasteiger partial charge is 0.391 e. The van der Waals surface area contributed by atoms with E-state index >= 15 is 0 Å². The van der Waals surface area contributed by atoms with Crippen LogP contribution < -0.4 is 5.32 Å². The van der Waals surface area contributed by atoms with E-state index in [2.05, 4.69) is 12.2 Å². The Bertz CT molecular complexity index is 244. The first kappa shape index (κ1) is 13.7. The van der Waals surface area contributed by atoms with E-state index < -0.39 is 0 Å². The van der Waals surface area contributed by atoms with Crippen LogP contribution in [0, 0.1) is 5.92 Å². The first-order valence-electron chi connectivity index (χ1n) is 5.92. The quantitative estimate of drug-likeness (QED) is 0.744. The van der Waals surface area contributed by atoms with Gasteiger partial charge in [-0.05, 0) is 25.8 Å². The molecule has 0 aromatic carbocycles. The number of halogens is 1. The van der Waals surface area contributed by atoms with Crippen LogP contribution in [-0.2, 0) is 4.79 Å². The highest BCUT2D eigenvalue weighted by Crippen LogP contribution is 2.21. The lowest BCUT2D eigenvalue weighted by molar-refractivity contribution is -0.132. The standard InChI is InChI=1S/C11H20N2O2.ClH/c1-2-8-6-13(7-10(8)14)11(15)9-4-3-5-12-9;/h8-10,12,14H,2-7H2,1H3;1H. The summed E-state index contributed by atoms with van der Waals surface area (Å²) in [6.45, 7) is 4.27. The first-order chi connectivity index (χ1) is 7.22. The van der Waals surface area contributed by atoms with Crippen LogP contribution in [0.4, 0.5) is 0 Å². The lowest BCUT2D eigenvalue weighted by Crippen LogP contribution is -2.42. The molecule has 0 radical (unpaired) electrons. The smallest absolute Gasteiger partial charge is 0.239 e. The molecule has 94 valence electrons. The highest BCUT2D eigenvalue weighted by atomic mass is 35.5.